The normalized spacial score (nSPS) is 31.0. The lowest BCUT2D eigenvalue weighted by Gasteiger charge is -2.43. The number of ether oxygens (including phenoxy) is 5. The maximum Gasteiger partial charge on any atom is 0.206 e. The van der Waals surface area contributed by atoms with Crippen molar-refractivity contribution < 1.29 is 33.6 Å². The van der Waals surface area contributed by atoms with Crippen molar-refractivity contribution in [2.24, 2.45) is 5.41 Å². The topological polar surface area (TPSA) is 83.5 Å². The van der Waals surface area contributed by atoms with Crippen molar-refractivity contribution in [1.29, 1.82) is 0 Å². The molecule has 0 saturated heterocycles. The summed E-state index contributed by atoms with van der Waals surface area (Å²) in [6.07, 6.45) is -0.783. The first kappa shape index (κ1) is 17.9. The molecule has 1 saturated carbocycles. The Balaban J connectivity index is 1.51. The molecule has 2 aromatic rings. The van der Waals surface area contributed by atoms with Crippen molar-refractivity contribution in [3.63, 3.8) is 0 Å². The standard InChI is InChI=1S/C23H22O7/c1-22(2)18-17-12(29-21(18)22)6-5-10-19(17)30-16-9-28-13-8-15(27-4)14(26-3)7-11(13)23(16,25)20(10)24/h5-8,16,18,21,25H,9H2,1-4H3/t16-,18-,21-,23-/m1/s1. The van der Waals surface area contributed by atoms with Crippen LogP contribution in [0.15, 0.2) is 24.3 Å². The van der Waals surface area contributed by atoms with Gasteiger partial charge in [-0.1, -0.05) is 13.8 Å². The SMILES string of the molecule is COc1cc2c(cc1OC)[C@]1(O)C(=O)c3ccc4c(c3O[C@@H]1CO2)[C@@H]1[C@@H](O4)C1(C)C. The summed E-state index contributed by atoms with van der Waals surface area (Å²) < 4.78 is 28.9. The molecule has 0 amide bonds. The van der Waals surface area contributed by atoms with Crippen molar-refractivity contribution in [3.8, 4) is 28.7 Å². The van der Waals surface area contributed by atoms with Crippen molar-refractivity contribution in [2.45, 2.75) is 37.6 Å². The molecule has 4 aliphatic rings. The van der Waals surface area contributed by atoms with Gasteiger partial charge in [-0.15, -0.1) is 0 Å². The number of carbonyl (C=O) groups excluding carboxylic acids is 1. The van der Waals surface area contributed by atoms with Gasteiger partial charge in [0.2, 0.25) is 5.78 Å². The third-order valence-corrected chi connectivity index (χ3v) is 7.05. The van der Waals surface area contributed by atoms with Gasteiger partial charge in [0.25, 0.3) is 0 Å². The largest absolute Gasteiger partial charge is 0.493 e. The van der Waals surface area contributed by atoms with E-state index in [4.69, 9.17) is 23.7 Å². The lowest BCUT2D eigenvalue weighted by atomic mass is 9.76. The van der Waals surface area contributed by atoms with Gasteiger partial charge in [-0.2, -0.15) is 0 Å². The predicted molar refractivity (Wildman–Crippen MR) is 105 cm³/mol. The van der Waals surface area contributed by atoms with Crippen molar-refractivity contribution in [3.05, 3.63) is 41.0 Å². The second-order valence-corrected chi connectivity index (χ2v) is 8.91. The summed E-state index contributed by atoms with van der Waals surface area (Å²) in [6.45, 7) is 4.32. The molecule has 0 radical (unpaired) electrons. The number of hydrogen-bond acceptors (Lipinski definition) is 7. The van der Waals surface area contributed by atoms with Gasteiger partial charge in [-0.3, -0.25) is 4.79 Å². The molecule has 0 bridgehead atoms. The zero-order valence-corrected chi connectivity index (χ0v) is 17.1. The molecule has 0 spiro atoms. The van der Waals surface area contributed by atoms with E-state index in [-0.39, 0.29) is 24.0 Å². The molecule has 3 heterocycles. The number of rotatable bonds is 2. The van der Waals surface area contributed by atoms with Crippen LogP contribution in [0.1, 0.15) is 41.3 Å². The van der Waals surface area contributed by atoms with Gasteiger partial charge in [0, 0.05) is 28.5 Å². The molecular weight excluding hydrogens is 388 g/mol. The number of hydrogen-bond donors (Lipinski definition) is 1. The lowest BCUT2D eigenvalue weighted by Crippen LogP contribution is -2.57. The van der Waals surface area contributed by atoms with Gasteiger partial charge < -0.3 is 28.8 Å². The molecule has 6 rings (SSSR count). The van der Waals surface area contributed by atoms with Crippen molar-refractivity contribution in [1.82, 2.24) is 0 Å². The fourth-order valence-electron chi connectivity index (χ4n) is 5.23. The van der Waals surface area contributed by atoms with Crippen LogP contribution in [0.3, 0.4) is 0 Å². The number of carbonyl (C=O) groups is 1. The Hall–Kier alpha value is -2.93. The van der Waals surface area contributed by atoms with E-state index in [0.29, 0.717) is 34.1 Å². The molecule has 0 aromatic heterocycles. The highest BCUT2D eigenvalue weighted by molar-refractivity contribution is 6.08. The number of aliphatic hydroxyl groups is 1. The molecule has 3 aliphatic heterocycles. The minimum atomic E-state index is -1.88. The lowest BCUT2D eigenvalue weighted by molar-refractivity contribution is -0.0803. The monoisotopic (exact) mass is 410 g/mol. The molecule has 1 N–H and O–H groups in total. The summed E-state index contributed by atoms with van der Waals surface area (Å²) in [5.74, 6) is 2.28. The first-order valence-corrected chi connectivity index (χ1v) is 9.99. The van der Waals surface area contributed by atoms with E-state index in [1.807, 2.05) is 0 Å². The summed E-state index contributed by atoms with van der Waals surface area (Å²) in [5, 5.41) is 11.7. The number of Topliss-reactive ketones (excluding diaryl/α,β-unsaturated/α-hetero) is 1. The third-order valence-electron chi connectivity index (χ3n) is 7.05. The van der Waals surface area contributed by atoms with Crippen LogP contribution in [0.5, 0.6) is 28.7 Å². The summed E-state index contributed by atoms with van der Waals surface area (Å²) in [4.78, 5) is 13.7. The van der Waals surface area contributed by atoms with E-state index >= 15 is 0 Å². The molecule has 2 aromatic carbocycles. The van der Waals surface area contributed by atoms with E-state index in [0.717, 1.165) is 11.3 Å². The van der Waals surface area contributed by atoms with Crippen LogP contribution in [-0.2, 0) is 5.60 Å². The predicted octanol–water partition coefficient (Wildman–Crippen LogP) is 2.81. The van der Waals surface area contributed by atoms with Crippen LogP contribution in [0, 0.1) is 5.41 Å². The Morgan fingerprint density at radius 1 is 1.07 bits per heavy atom. The fourth-order valence-corrected chi connectivity index (χ4v) is 5.23. The average molecular weight is 410 g/mol. The maximum absolute atomic E-state index is 13.7. The first-order chi connectivity index (χ1) is 14.3. The van der Waals surface area contributed by atoms with Crippen molar-refractivity contribution in [2.75, 3.05) is 20.8 Å². The molecule has 7 heteroatoms. The maximum atomic E-state index is 13.7. The van der Waals surface area contributed by atoms with Crippen LogP contribution in [0.2, 0.25) is 0 Å². The highest BCUT2D eigenvalue weighted by Crippen LogP contribution is 2.69. The summed E-state index contributed by atoms with van der Waals surface area (Å²) >= 11 is 0. The Labute approximate surface area is 173 Å². The van der Waals surface area contributed by atoms with Crippen LogP contribution >= 0.6 is 0 Å². The van der Waals surface area contributed by atoms with Crippen molar-refractivity contribution >= 4 is 5.78 Å². The second-order valence-electron chi connectivity index (χ2n) is 8.91. The van der Waals surface area contributed by atoms with Gasteiger partial charge in [-0.25, -0.2) is 0 Å². The van der Waals surface area contributed by atoms with Gasteiger partial charge in [0.05, 0.1) is 19.8 Å². The molecular formula is C23H22O7. The highest BCUT2D eigenvalue weighted by atomic mass is 16.6. The molecule has 30 heavy (non-hydrogen) atoms. The summed E-state index contributed by atoms with van der Waals surface area (Å²) in [5.41, 5.74) is -0.278. The molecule has 0 unspecified atom stereocenters. The van der Waals surface area contributed by atoms with E-state index in [1.54, 1.807) is 24.3 Å². The van der Waals surface area contributed by atoms with Gasteiger partial charge in [0.1, 0.15) is 30.0 Å². The molecule has 4 atom stereocenters. The highest BCUT2D eigenvalue weighted by Gasteiger charge is 2.67. The van der Waals surface area contributed by atoms with Crippen LogP contribution < -0.4 is 23.7 Å². The molecule has 1 fully saturated rings. The van der Waals surface area contributed by atoms with Crippen LogP contribution in [-0.4, -0.2) is 43.9 Å². The fraction of sp³-hybridized carbons (Fsp3) is 0.435. The number of methoxy groups -OCH3 is 2. The number of benzene rings is 2. The van der Waals surface area contributed by atoms with E-state index in [1.165, 1.54) is 14.2 Å². The zero-order chi connectivity index (χ0) is 21.0. The van der Waals surface area contributed by atoms with Gasteiger partial charge >= 0.3 is 0 Å². The zero-order valence-electron chi connectivity index (χ0n) is 17.1. The Morgan fingerprint density at radius 2 is 1.80 bits per heavy atom. The summed E-state index contributed by atoms with van der Waals surface area (Å²) in [6, 6.07) is 6.69. The minimum absolute atomic E-state index is 0.00185. The van der Waals surface area contributed by atoms with E-state index in [9.17, 15) is 9.90 Å². The Morgan fingerprint density at radius 3 is 2.53 bits per heavy atom. The average Bonchev–Trinajstić information content (AvgIpc) is 3.08. The number of fused-ring (bicyclic) bond motifs is 8. The minimum Gasteiger partial charge on any atom is -0.493 e. The smallest absolute Gasteiger partial charge is 0.206 e. The number of ketones is 1. The Kier molecular flexibility index (Phi) is 3.22. The van der Waals surface area contributed by atoms with Crippen LogP contribution in [0.25, 0.3) is 0 Å². The third kappa shape index (κ3) is 1.92. The summed E-state index contributed by atoms with van der Waals surface area (Å²) in [7, 11) is 3.02. The molecule has 156 valence electrons. The van der Waals surface area contributed by atoms with Gasteiger partial charge in [0.15, 0.2) is 23.2 Å². The first-order valence-electron chi connectivity index (χ1n) is 9.99. The quantitative estimate of drug-likeness (QED) is 0.815. The van der Waals surface area contributed by atoms with E-state index in [2.05, 4.69) is 13.8 Å². The molecule has 7 nitrogen and oxygen atoms in total. The second kappa shape index (κ2) is 5.40. The van der Waals surface area contributed by atoms with Crippen LogP contribution in [0.4, 0.5) is 0 Å². The Bertz CT molecular complexity index is 1120. The van der Waals surface area contributed by atoms with Gasteiger partial charge in [-0.05, 0) is 18.2 Å². The van der Waals surface area contributed by atoms with E-state index < -0.39 is 17.5 Å². The molecule has 1 aliphatic carbocycles.